The lowest BCUT2D eigenvalue weighted by Crippen LogP contribution is -2.32. The first-order valence-electron chi connectivity index (χ1n) is 6.69. The number of halogens is 1. The Hall–Kier alpha value is -1.68. The van der Waals surface area contributed by atoms with E-state index < -0.39 is 0 Å². The number of carbonyl (C=O) groups is 1. The van der Waals surface area contributed by atoms with Crippen LogP contribution in [-0.2, 0) is 0 Å². The van der Waals surface area contributed by atoms with Crippen LogP contribution in [0.2, 0.25) is 0 Å². The molecule has 1 fully saturated rings. The number of carbonyl (C=O) groups excluding carboxylic acids is 1. The molecule has 4 heteroatoms. The number of aromatic nitrogens is 1. The zero-order valence-electron chi connectivity index (χ0n) is 10.9. The third-order valence-electron chi connectivity index (χ3n) is 3.90. The maximum absolute atomic E-state index is 13.2. The molecule has 2 heterocycles. The summed E-state index contributed by atoms with van der Waals surface area (Å²) < 4.78 is 13.2. The van der Waals surface area contributed by atoms with Gasteiger partial charge in [-0.05, 0) is 51.1 Å². The van der Waals surface area contributed by atoms with Crippen molar-refractivity contribution in [2.45, 2.75) is 19.8 Å². The second-order valence-electron chi connectivity index (χ2n) is 5.20. The predicted molar refractivity (Wildman–Crippen MR) is 72.9 cm³/mol. The van der Waals surface area contributed by atoms with Gasteiger partial charge in [-0.15, -0.1) is 0 Å². The molecule has 100 valence electrons. The summed E-state index contributed by atoms with van der Waals surface area (Å²) >= 11 is 0. The predicted octanol–water partition coefficient (Wildman–Crippen LogP) is 2.80. The summed E-state index contributed by atoms with van der Waals surface area (Å²) in [6.07, 6.45) is 1.76. The van der Waals surface area contributed by atoms with E-state index in [2.05, 4.69) is 10.3 Å². The highest BCUT2D eigenvalue weighted by Crippen LogP contribution is 2.28. The van der Waals surface area contributed by atoms with E-state index in [9.17, 15) is 9.18 Å². The van der Waals surface area contributed by atoms with Gasteiger partial charge in [0.05, 0.1) is 0 Å². The summed E-state index contributed by atoms with van der Waals surface area (Å²) in [5.41, 5.74) is 2.28. The van der Waals surface area contributed by atoms with E-state index in [0.717, 1.165) is 42.6 Å². The Bertz CT molecular complexity index is 626. The van der Waals surface area contributed by atoms with Gasteiger partial charge in [-0.25, -0.2) is 4.39 Å². The quantitative estimate of drug-likeness (QED) is 0.815. The van der Waals surface area contributed by atoms with E-state index in [1.807, 2.05) is 6.92 Å². The Morgan fingerprint density at radius 3 is 2.79 bits per heavy atom. The number of Topliss-reactive ketones (excluding diaryl/α,β-unsaturated/α-hetero) is 1. The fourth-order valence-corrected chi connectivity index (χ4v) is 2.91. The van der Waals surface area contributed by atoms with Gasteiger partial charge in [-0.1, -0.05) is 0 Å². The summed E-state index contributed by atoms with van der Waals surface area (Å²) in [5, 5.41) is 4.10. The Morgan fingerprint density at radius 1 is 1.32 bits per heavy atom. The molecule has 0 spiro atoms. The number of hydrogen-bond acceptors (Lipinski definition) is 2. The van der Waals surface area contributed by atoms with Gasteiger partial charge in [-0.2, -0.15) is 0 Å². The van der Waals surface area contributed by atoms with Crippen molar-refractivity contribution in [3.63, 3.8) is 0 Å². The summed E-state index contributed by atoms with van der Waals surface area (Å²) in [5.74, 6) is -0.00419. The van der Waals surface area contributed by atoms with Crippen molar-refractivity contribution in [1.29, 1.82) is 0 Å². The molecule has 1 aliphatic rings. The highest BCUT2D eigenvalue weighted by atomic mass is 19.1. The summed E-state index contributed by atoms with van der Waals surface area (Å²) in [6, 6.07) is 4.55. The molecule has 2 aromatic rings. The van der Waals surface area contributed by atoms with Crippen molar-refractivity contribution in [3.8, 4) is 0 Å². The molecule has 1 aromatic carbocycles. The minimum Gasteiger partial charge on any atom is -0.358 e. The number of rotatable bonds is 2. The van der Waals surface area contributed by atoms with Gasteiger partial charge in [0, 0.05) is 28.1 Å². The first kappa shape index (κ1) is 12.4. The Labute approximate surface area is 111 Å². The van der Waals surface area contributed by atoms with Crippen LogP contribution in [-0.4, -0.2) is 23.9 Å². The molecule has 1 aromatic heterocycles. The average molecular weight is 260 g/mol. The van der Waals surface area contributed by atoms with Gasteiger partial charge >= 0.3 is 0 Å². The summed E-state index contributed by atoms with van der Waals surface area (Å²) in [6.45, 7) is 3.67. The largest absolute Gasteiger partial charge is 0.358 e. The van der Waals surface area contributed by atoms with Crippen LogP contribution in [0.3, 0.4) is 0 Å². The topological polar surface area (TPSA) is 44.9 Å². The SMILES string of the molecule is Cc1[nH]c2cc(F)ccc2c1C(=O)C1CCNCC1. The number of aryl methyl sites for hydroxylation is 1. The molecule has 19 heavy (non-hydrogen) atoms. The van der Waals surface area contributed by atoms with Gasteiger partial charge in [0.15, 0.2) is 5.78 Å². The van der Waals surface area contributed by atoms with Crippen molar-refractivity contribution in [2.75, 3.05) is 13.1 Å². The maximum Gasteiger partial charge on any atom is 0.168 e. The molecular formula is C15H17FN2O. The van der Waals surface area contributed by atoms with Crippen molar-refractivity contribution in [2.24, 2.45) is 5.92 Å². The monoisotopic (exact) mass is 260 g/mol. The minimum absolute atomic E-state index is 0.0870. The molecule has 0 saturated carbocycles. The molecule has 1 saturated heterocycles. The molecule has 0 amide bonds. The average Bonchev–Trinajstić information content (AvgIpc) is 2.74. The smallest absolute Gasteiger partial charge is 0.168 e. The van der Waals surface area contributed by atoms with Gasteiger partial charge < -0.3 is 10.3 Å². The lowest BCUT2D eigenvalue weighted by Gasteiger charge is -2.21. The fraction of sp³-hybridized carbons (Fsp3) is 0.400. The maximum atomic E-state index is 13.2. The van der Waals surface area contributed by atoms with Crippen molar-refractivity contribution in [3.05, 3.63) is 35.3 Å². The molecule has 0 aliphatic carbocycles. The van der Waals surface area contributed by atoms with Gasteiger partial charge in [0.1, 0.15) is 5.82 Å². The van der Waals surface area contributed by atoms with Gasteiger partial charge in [0.25, 0.3) is 0 Å². The molecule has 0 radical (unpaired) electrons. The Morgan fingerprint density at radius 2 is 2.05 bits per heavy atom. The van der Waals surface area contributed by atoms with Gasteiger partial charge in [0.2, 0.25) is 0 Å². The molecule has 3 rings (SSSR count). The second-order valence-corrected chi connectivity index (χ2v) is 5.20. The van der Waals surface area contributed by atoms with Crippen molar-refractivity contribution < 1.29 is 9.18 Å². The van der Waals surface area contributed by atoms with E-state index >= 15 is 0 Å². The third-order valence-corrected chi connectivity index (χ3v) is 3.90. The summed E-state index contributed by atoms with van der Waals surface area (Å²) in [4.78, 5) is 15.8. The highest BCUT2D eigenvalue weighted by molar-refractivity contribution is 6.10. The van der Waals surface area contributed by atoms with Crippen LogP contribution in [0.5, 0.6) is 0 Å². The standard InChI is InChI=1S/C15H17FN2O/c1-9-14(15(19)10-4-6-17-7-5-10)12-3-2-11(16)8-13(12)18-9/h2-3,8,10,17-18H,4-7H2,1H3. The third kappa shape index (κ3) is 2.16. The first-order valence-corrected chi connectivity index (χ1v) is 6.69. The number of fused-ring (bicyclic) bond motifs is 1. The van der Waals surface area contributed by atoms with Crippen LogP contribution in [0.25, 0.3) is 10.9 Å². The first-order chi connectivity index (χ1) is 9.16. The van der Waals surface area contributed by atoms with E-state index in [-0.39, 0.29) is 17.5 Å². The normalized spacial score (nSPS) is 16.9. The Balaban J connectivity index is 2.03. The lowest BCUT2D eigenvalue weighted by atomic mass is 9.88. The molecule has 1 aliphatic heterocycles. The van der Waals surface area contributed by atoms with Crippen molar-refractivity contribution >= 4 is 16.7 Å². The zero-order valence-corrected chi connectivity index (χ0v) is 10.9. The molecule has 3 nitrogen and oxygen atoms in total. The number of nitrogens with one attached hydrogen (secondary N) is 2. The molecular weight excluding hydrogens is 243 g/mol. The van der Waals surface area contributed by atoms with Crippen LogP contribution in [0.4, 0.5) is 4.39 Å². The molecule has 0 bridgehead atoms. The van der Waals surface area contributed by atoms with Crippen LogP contribution in [0.15, 0.2) is 18.2 Å². The highest BCUT2D eigenvalue weighted by Gasteiger charge is 2.26. The fourth-order valence-electron chi connectivity index (χ4n) is 2.91. The van der Waals surface area contributed by atoms with E-state index in [4.69, 9.17) is 0 Å². The lowest BCUT2D eigenvalue weighted by molar-refractivity contribution is 0.0896. The molecule has 0 unspecified atom stereocenters. The number of hydrogen-bond donors (Lipinski definition) is 2. The number of aromatic amines is 1. The van der Waals surface area contributed by atoms with Crippen LogP contribution in [0.1, 0.15) is 28.9 Å². The van der Waals surface area contributed by atoms with E-state index in [0.29, 0.717) is 5.52 Å². The number of H-pyrrole nitrogens is 1. The van der Waals surface area contributed by atoms with Crippen LogP contribution >= 0.6 is 0 Å². The van der Waals surface area contributed by atoms with E-state index in [1.54, 1.807) is 6.07 Å². The number of piperidine rings is 1. The van der Waals surface area contributed by atoms with Crippen LogP contribution in [0, 0.1) is 18.7 Å². The second kappa shape index (κ2) is 4.78. The summed E-state index contributed by atoms with van der Waals surface area (Å²) in [7, 11) is 0. The van der Waals surface area contributed by atoms with Crippen molar-refractivity contribution in [1.82, 2.24) is 10.3 Å². The minimum atomic E-state index is -0.283. The number of ketones is 1. The molecule has 2 N–H and O–H groups in total. The van der Waals surface area contributed by atoms with Gasteiger partial charge in [-0.3, -0.25) is 4.79 Å². The number of benzene rings is 1. The van der Waals surface area contributed by atoms with E-state index in [1.165, 1.54) is 12.1 Å². The zero-order chi connectivity index (χ0) is 13.4. The molecule has 0 atom stereocenters. The van der Waals surface area contributed by atoms with Crippen LogP contribution < -0.4 is 5.32 Å². The Kier molecular flexibility index (Phi) is 3.11.